The number of carboxylic acid groups (broad SMARTS) is 1. The number of hydrogen-bond donors (Lipinski definition) is 3. The van der Waals surface area contributed by atoms with E-state index in [1.54, 1.807) is 6.92 Å². The number of nitrogens with one attached hydrogen (secondary N) is 1. The van der Waals surface area contributed by atoms with E-state index in [1.165, 1.54) is 35.0 Å². The number of pyridine rings is 1. The first kappa shape index (κ1) is 17.4. The Hall–Kier alpha value is -3.42. The maximum absolute atomic E-state index is 14.6. The number of carbonyl (C=O) groups is 1. The van der Waals surface area contributed by atoms with E-state index in [-0.39, 0.29) is 22.3 Å². The molecule has 0 unspecified atom stereocenters. The Morgan fingerprint density at radius 2 is 1.92 bits per heavy atom. The summed E-state index contributed by atoms with van der Waals surface area (Å²) in [4.78, 5) is 23.6. The van der Waals surface area contributed by atoms with Gasteiger partial charge in [0, 0.05) is 18.4 Å². The van der Waals surface area contributed by atoms with E-state index >= 15 is 0 Å². The molecule has 0 radical (unpaired) electrons. The monoisotopic (exact) mass is 359 g/mol. The molecule has 0 aliphatic carbocycles. The molecule has 2 aromatic carbocycles. The minimum absolute atomic E-state index is 0.0415. The Bertz CT molecular complexity index is 1080. The van der Waals surface area contributed by atoms with Crippen molar-refractivity contribution < 1.29 is 18.7 Å². The van der Waals surface area contributed by atoms with Gasteiger partial charge in [-0.2, -0.15) is 0 Å². The van der Waals surface area contributed by atoms with Crippen LogP contribution < -0.4 is 16.5 Å². The first-order chi connectivity index (χ1) is 12.3. The lowest BCUT2D eigenvalue weighted by Gasteiger charge is -2.17. The molecular weight excluding hydrogens is 344 g/mol. The zero-order valence-electron chi connectivity index (χ0n) is 13.7. The summed E-state index contributed by atoms with van der Waals surface area (Å²) in [7, 11) is 0. The van der Waals surface area contributed by atoms with Crippen LogP contribution >= 0.6 is 0 Å². The van der Waals surface area contributed by atoms with E-state index in [0.717, 1.165) is 6.07 Å². The molecule has 26 heavy (non-hydrogen) atoms. The summed E-state index contributed by atoms with van der Waals surface area (Å²) >= 11 is 0. The van der Waals surface area contributed by atoms with Crippen molar-refractivity contribution in [3.63, 3.8) is 0 Å². The van der Waals surface area contributed by atoms with E-state index in [1.807, 2.05) is 0 Å². The fraction of sp³-hybridized carbons (Fsp3) is 0.111. The van der Waals surface area contributed by atoms with Gasteiger partial charge in [0.25, 0.3) is 0 Å². The first-order valence-corrected chi connectivity index (χ1v) is 7.74. The van der Waals surface area contributed by atoms with Gasteiger partial charge in [-0.1, -0.05) is 0 Å². The van der Waals surface area contributed by atoms with Crippen LogP contribution in [0.5, 0.6) is 0 Å². The van der Waals surface area contributed by atoms with Crippen molar-refractivity contribution in [1.82, 2.24) is 4.57 Å². The highest BCUT2D eigenvalue weighted by molar-refractivity contribution is 6.00. The Balaban J connectivity index is 2.27. The molecule has 134 valence electrons. The highest BCUT2D eigenvalue weighted by Crippen LogP contribution is 2.33. The van der Waals surface area contributed by atoms with Crippen LogP contribution in [0.15, 0.2) is 41.3 Å². The van der Waals surface area contributed by atoms with Gasteiger partial charge in [-0.3, -0.25) is 4.79 Å². The van der Waals surface area contributed by atoms with Gasteiger partial charge in [0.1, 0.15) is 22.9 Å². The molecule has 0 atom stereocenters. The Morgan fingerprint density at radius 3 is 2.50 bits per heavy atom. The van der Waals surface area contributed by atoms with Crippen LogP contribution in [0.4, 0.5) is 25.8 Å². The number of aromatic carboxylic acids is 1. The first-order valence-electron chi connectivity index (χ1n) is 7.74. The van der Waals surface area contributed by atoms with Crippen molar-refractivity contribution >= 4 is 33.9 Å². The van der Waals surface area contributed by atoms with Crippen LogP contribution in [0, 0.1) is 11.6 Å². The molecule has 3 rings (SSSR count). The predicted molar refractivity (Wildman–Crippen MR) is 94.9 cm³/mol. The molecule has 0 spiro atoms. The number of anilines is 3. The summed E-state index contributed by atoms with van der Waals surface area (Å²) in [6, 6.07) is 6.20. The molecule has 1 aromatic heterocycles. The number of nitrogen functional groups attached to an aromatic ring is 1. The lowest BCUT2D eigenvalue weighted by atomic mass is 10.1. The number of rotatable bonds is 4. The second-order valence-corrected chi connectivity index (χ2v) is 5.64. The number of nitrogens with zero attached hydrogens (tertiary/aromatic N) is 1. The van der Waals surface area contributed by atoms with E-state index in [0.29, 0.717) is 12.2 Å². The number of nitrogens with two attached hydrogens (primary N) is 1. The van der Waals surface area contributed by atoms with E-state index in [9.17, 15) is 23.5 Å². The normalized spacial score (nSPS) is 10.9. The summed E-state index contributed by atoms with van der Waals surface area (Å²) in [5.74, 6) is -2.66. The second-order valence-electron chi connectivity index (χ2n) is 5.64. The summed E-state index contributed by atoms with van der Waals surface area (Å²) in [5, 5.41) is 11.8. The smallest absolute Gasteiger partial charge is 0.341 e. The van der Waals surface area contributed by atoms with Crippen molar-refractivity contribution in [2.24, 2.45) is 0 Å². The zero-order chi connectivity index (χ0) is 19.0. The second kappa shape index (κ2) is 6.47. The average molecular weight is 359 g/mol. The van der Waals surface area contributed by atoms with Crippen LogP contribution in [-0.4, -0.2) is 15.6 Å². The van der Waals surface area contributed by atoms with Crippen molar-refractivity contribution in [1.29, 1.82) is 0 Å². The molecule has 4 N–H and O–H groups in total. The van der Waals surface area contributed by atoms with E-state index in [4.69, 9.17) is 5.73 Å². The topological polar surface area (TPSA) is 97.3 Å². The Kier molecular flexibility index (Phi) is 4.33. The molecule has 0 saturated heterocycles. The van der Waals surface area contributed by atoms with E-state index < -0.39 is 28.6 Å². The number of benzene rings is 2. The molecule has 0 amide bonds. The molecule has 0 fully saturated rings. The van der Waals surface area contributed by atoms with Crippen molar-refractivity contribution in [3.8, 4) is 0 Å². The van der Waals surface area contributed by atoms with Crippen molar-refractivity contribution in [3.05, 3.63) is 63.9 Å². The molecule has 8 heteroatoms. The molecule has 0 aliphatic rings. The van der Waals surface area contributed by atoms with Gasteiger partial charge in [-0.25, -0.2) is 13.6 Å². The fourth-order valence-electron chi connectivity index (χ4n) is 2.77. The minimum atomic E-state index is -1.40. The summed E-state index contributed by atoms with van der Waals surface area (Å²) < 4.78 is 29.1. The predicted octanol–water partition coefficient (Wildman–Crippen LogP) is 3.32. The van der Waals surface area contributed by atoms with Crippen LogP contribution in [-0.2, 0) is 6.54 Å². The van der Waals surface area contributed by atoms with Crippen LogP contribution in [0.3, 0.4) is 0 Å². The zero-order valence-corrected chi connectivity index (χ0v) is 13.7. The van der Waals surface area contributed by atoms with Gasteiger partial charge < -0.3 is 20.7 Å². The molecule has 0 bridgehead atoms. The van der Waals surface area contributed by atoms with Gasteiger partial charge >= 0.3 is 5.97 Å². The molecule has 0 aliphatic heterocycles. The maximum atomic E-state index is 14.6. The quantitative estimate of drug-likeness (QED) is 0.621. The SMILES string of the molecule is CCn1cc(C(=O)O)c(=O)c2cc(F)c(Nc3ccc(F)cc3)c(N)c21. The Morgan fingerprint density at radius 1 is 1.27 bits per heavy atom. The molecule has 1 heterocycles. The summed E-state index contributed by atoms with van der Waals surface area (Å²) in [5.41, 5.74) is 5.34. The van der Waals surface area contributed by atoms with Crippen LogP contribution in [0.25, 0.3) is 10.9 Å². The van der Waals surface area contributed by atoms with Crippen LogP contribution in [0.2, 0.25) is 0 Å². The van der Waals surface area contributed by atoms with E-state index in [2.05, 4.69) is 5.32 Å². The van der Waals surface area contributed by atoms with Gasteiger partial charge in [-0.15, -0.1) is 0 Å². The standard InChI is InChI=1S/C18H15F2N3O3/c1-2-23-8-12(18(25)26)17(24)11-7-13(20)15(14(21)16(11)23)22-10-5-3-9(19)4-6-10/h3-8,22H,2,21H2,1H3,(H,25,26). The van der Waals surface area contributed by atoms with Gasteiger partial charge in [0.05, 0.1) is 16.6 Å². The van der Waals surface area contributed by atoms with Gasteiger partial charge in [0.2, 0.25) is 5.43 Å². The number of aromatic nitrogens is 1. The summed E-state index contributed by atoms with van der Waals surface area (Å²) in [6.45, 7) is 2.06. The average Bonchev–Trinajstić information content (AvgIpc) is 2.60. The Labute approximate surface area is 146 Å². The largest absolute Gasteiger partial charge is 0.477 e. The highest BCUT2D eigenvalue weighted by atomic mass is 19.1. The number of carboxylic acids is 1. The van der Waals surface area contributed by atoms with Crippen molar-refractivity contribution in [2.75, 3.05) is 11.1 Å². The number of aryl methyl sites for hydroxylation is 1. The van der Waals surface area contributed by atoms with Crippen molar-refractivity contribution in [2.45, 2.75) is 13.5 Å². The number of hydrogen-bond acceptors (Lipinski definition) is 4. The fourth-order valence-corrected chi connectivity index (χ4v) is 2.77. The molecular formula is C18H15F2N3O3. The third kappa shape index (κ3) is 2.85. The minimum Gasteiger partial charge on any atom is -0.477 e. The lowest BCUT2D eigenvalue weighted by Crippen LogP contribution is -2.20. The molecule has 0 saturated carbocycles. The third-order valence-corrected chi connectivity index (χ3v) is 4.04. The molecule has 3 aromatic rings. The maximum Gasteiger partial charge on any atom is 0.341 e. The molecule has 6 nitrogen and oxygen atoms in total. The summed E-state index contributed by atoms with van der Waals surface area (Å²) in [6.07, 6.45) is 1.18. The van der Waals surface area contributed by atoms with Gasteiger partial charge in [0.15, 0.2) is 0 Å². The number of fused-ring (bicyclic) bond motifs is 1. The van der Waals surface area contributed by atoms with Crippen LogP contribution in [0.1, 0.15) is 17.3 Å². The lowest BCUT2D eigenvalue weighted by molar-refractivity contribution is 0.0695. The number of halogens is 2. The third-order valence-electron chi connectivity index (χ3n) is 4.04. The van der Waals surface area contributed by atoms with Gasteiger partial charge in [-0.05, 0) is 37.3 Å². The highest BCUT2D eigenvalue weighted by Gasteiger charge is 2.20.